The SMILES string of the molecule is CC1C2C3(CC[C@H]1C)COC21C=CC2[C@@]4(C)CC[C@H](O[C@@H]5O[C@H](C)[C@H](O)[C@H](O)[C@H]5O[C@@H]5O[C@H](CO)[C@@H](O)[C@H](O)[C@H]5O[C@@H]5O[C@@H](C)[C@H](O)[C@@H](O)[C@H]5O)C(C)(C)C4CC[C@@]2(C)[C@]1(C)C[C@H]3O. The third-order valence-electron chi connectivity index (χ3n) is 20.2. The Bertz CT molecular complexity index is 1750. The van der Waals surface area contributed by atoms with Crippen molar-refractivity contribution in [1.29, 1.82) is 0 Å². The van der Waals surface area contributed by atoms with Crippen LogP contribution in [-0.2, 0) is 33.2 Å². The summed E-state index contributed by atoms with van der Waals surface area (Å²) in [4.78, 5) is 0. The van der Waals surface area contributed by atoms with E-state index >= 15 is 0 Å². The van der Waals surface area contributed by atoms with Gasteiger partial charge in [0, 0.05) is 16.7 Å². The van der Waals surface area contributed by atoms with E-state index in [1.54, 1.807) is 6.92 Å². The molecule has 0 radical (unpaired) electrons. The van der Waals surface area contributed by atoms with Crippen molar-refractivity contribution in [3.63, 3.8) is 0 Å². The number of hydrogen-bond donors (Lipinski definition) is 9. The zero-order valence-electron chi connectivity index (χ0n) is 39.1. The summed E-state index contributed by atoms with van der Waals surface area (Å²) in [6.07, 6.45) is -11.9. The number of rotatable bonds is 7. The topological polar surface area (TPSA) is 247 Å². The van der Waals surface area contributed by atoms with Crippen molar-refractivity contribution in [3.05, 3.63) is 12.2 Å². The van der Waals surface area contributed by atoms with Gasteiger partial charge in [-0.2, -0.15) is 0 Å². The fourth-order valence-corrected chi connectivity index (χ4v) is 16.0. The second kappa shape index (κ2) is 16.3. The summed E-state index contributed by atoms with van der Waals surface area (Å²) in [5, 5.41) is 98.9. The summed E-state index contributed by atoms with van der Waals surface area (Å²) in [7, 11) is 0. The zero-order valence-corrected chi connectivity index (χ0v) is 39.1. The van der Waals surface area contributed by atoms with Crippen LogP contribution >= 0.6 is 0 Å². The van der Waals surface area contributed by atoms with Gasteiger partial charge in [-0.1, -0.05) is 60.6 Å². The van der Waals surface area contributed by atoms with E-state index in [1.165, 1.54) is 6.92 Å². The van der Waals surface area contributed by atoms with Gasteiger partial charge >= 0.3 is 0 Å². The first-order valence-corrected chi connectivity index (χ1v) is 24.3. The molecule has 16 heteroatoms. The van der Waals surface area contributed by atoms with E-state index < -0.39 is 122 Å². The average molecular weight is 911 g/mol. The van der Waals surface area contributed by atoms with Crippen LogP contribution in [0.1, 0.15) is 107 Å². The van der Waals surface area contributed by atoms with Crippen LogP contribution < -0.4 is 0 Å². The van der Waals surface area contributed by atoms with Crippen molar-refractivity contribution in [2.75, 3.05) is 13.2 Å². The molecule has 5 aliphatic carbocycles. The van der Waals surface area contributed by atoms with Gasteiger partial charge in [0.1, 0.15) is 61.0 Å². The van der Waals surface area contributed by atoms with E-state index in [9.17, 15) is 46.0 Å². The molecule has 2 bridgehead atoms. The first kappa shape index (κ1) is 48.1. The van der Waals surface area contributed by atoms with Gasteiger partial charge in [-0.25, -0.2) is 0 Å². The van der Waals surface area contributed by atoms with Gasteiger partial charge in [0.25, 0.3) is 0 Å². The third kappa shape index (κ3) is 6.58. The standard InChI is InChI=1S/C48H78O16/c1-21-10-16-47-20-58-48(39(47)22(21)2)17-12-27-44(7)14-13-29(43(5,6)26(44)11-15-45(27,8)46(48,9)18-28(47)50)62-41-37(34(55)31(52)24(4)60-41)64-42-38(35(56)32(53)25(19-49)61-42)63-40-36(57)33(54)30(51)23(3)59-40/h12,17,21-42,49-57H,10-11,13-16,18-20H2,1-9H3/t21-,22?,23+,24-,25-,26?,27?,28-,29+,30+,31+,32-,33-,34+,35+,36-,37-,38-,39?,40+,41+,42+,44+,45-,46+,47?,48?/m1/s1. The predicted molar refractivity (Wildman–Crippen MR) is 227 cm³/mol. The van der Waals surface area contributed by atoms with Crippen LogP contribution in [0.4, 0.5) is 0 Å². The van der Waals surface area contributed by atoms with Crippen LogP contribution in [0, 0.1) is 56.7 Å². The molecular weight excluding hydrogens is 833 g/mol. The molecule has 1 spiro atoms. The molecule has 0 aromatic carbocycles. The summed E-state index contributed by atoms with van der Waals surface area (Å²) in [6, 6.07) is 0. The quantitative estimate of drug-likeness (QED) is 0.130. The summed E-state index contributed by atoms with van der Waals surface area (Å²) in [6.45, 7) is 19.5. The lowest BCUT2D eigenvalue weighted by atomic mass is 9.31. The Labute approximate surface area is 377 Å². The van der Waals surface area contributed by atoms with Crippen molar-refractivity contribution >= 4 is 0 Å². The molecule has 4 saturated carbocycles. The van der Waals surface area contributed by atoms with Crippen molar-refractivity contribution in [1.82, 2.24) is 0 Å². The molecule has 9 rings (SSSR count). The predicted octanol–water partition coefficient (Wildman–Crippen LogP) is 1.51. The van der Waals surface area contributed by atoms with Crippen molar-refractivity contribution in [2.24, 2.45) is 56.7 Å². The number of ether oxygens (including phenoxy) is 7. The first-order chi connectivity index (χ1) is 29.9. The Kier molecular flexibility index (Phi) is 12.3. The average Bonchev–Trinajstić information content (AvgIpc) is 3.55. The van der Waals surface area contributed by atoms with E-state index in [0.717, 1.165) is 32.1 Å². The van der Waals surface area contributed by atoms with Gasteiger partial charge in [-0.05, 0) is 98.7 Å². The maximum Gasteiger partial charge on any atom is 0.187 e. The lowest BCUT2D eigenvalue weighted by molar-refractivity contribution is -0.396. The minimum Gasteiger partial charge on any atom is -0.394 e. The maximum absolute atomic E-state index is 12.3. The van der Waals surface area contributed by atoms with Gasteiger partial charge < -0.3 is 79.1 Å². The lowest BCUT2D eigenvalue weighted by Gasteiger charge is -2.73. The van der Waals surface area contributed by atoms with Gasteiger partial charge in [0.2, 0.25) is 0 Å². The van der Waals surface area contributed by atoms with Gasteiger partial charge in [0.05, 0.1) is 43.2 Å². The Hall–Kier alpha value is -0.900. The summed E-state index contributed by atoms with van der Waals surface area (Å²) >= 11 is 0. The van der Waals surface area contributed by atoms with E-state index in [2.05, 4.69) is 60.6 Å². The summed E-state index contributed by atoms with van der Waals surface area (Å²) < 4.78 is 44.3. The molecule has 4 aliphatic heterocycles. The Balaban J connectivity index is 0.979. The fourth-order valence-electron chi connectivity index (χ4n) is 16.0. The summed E-state index contributed by atoms with van der Waals surface area (Å²) in [5.41, 5.74) is -1.68. The van der Waals surface area contributed by atoms with E-state index in [4.69, 9.17) is 33.2 Å². The van der Waals surface area contributed by atoms with Crippen LogP contribution in [0.15, 0.2) is 12.2 Å². The molecule has 4 saturated heterocycles. The Morgan fingerprint density at radius 2 is 1.25 bits per heavy atom. The highest BCUT2D eigenvalue weighted by molar-refractivity contribution is 5.36. The summed E-state index contributed by atoms with van der Waals surface area (Å²) in [5.74, 6) is 1.63. The first-order valence-electron chi connectivity index (χ1n) is 24.3. The molecule has 9 N–H and O–H groups in total. The monoisotopic (exact) mass is 911 g/mol. The van der Waals surface area contributed by atoms with E-state index in [-0.39, 0.29) is 39.4 Å². The molecular formula is C48H78O16. The lowest BCUT2D eigenvalue weighted by Crippen LogP contribution is -2.73. The molecule has 366 valence electrons. The van der Waals surface area contributed by atoms with Crippen LogP contribution in [0.3, 0.4) is 0 Å². The Morgan fingerprint density at radius 1 is 0.641 bits per heavy atom. The second-order valence-electron chi connectivity index (χ2n) is 23.3. The molecule has 6 unspecified atom stereocenters. The molecule has 16 nitrogen and oxygen atoms in total. The molecule has 0 aromatic heterocycles. The molecule has 0 aromatic rings. The molecule has 9 aliphatic rings. The minimum atomic E-state index is -1.79. The van der Waals surface area contributed by atoms with Gasteiger partial charge in [-0.15, -0.1) is 0 Å². The molecule has 64 heavy (non-hydrogen) atoms. The highest BCUT2D eigenvalue weighted by Gasteiger charge is 2.79. The largest absolute Gasteiger partial charge is 0.394 e. The van der Waals surface area contributed by atoms with Gasteiger partial charge in [-0.3, -0.25) is 0 Å². The second-order valence-corrected chi connectivity index (χ2v) is 23.3. The van der Waals surface area contributed by atoms with Crippen molar-refractivity contribution < 1.29 is 79.1 Å². The number of aliphatic hydroxyl groups is 9. The van der Waals surface area contributed by atoms with Crippen LogP contribution in [0.2, 0.25) is 0 Å². The molecule has 0 amide bonds. The van der Waals surface area contributed by atoms with Gasteiger partial charge in [0.15, 0.2) is 18.9 Å². The fraction of sp³-hybridized carbons (Fsp3) is 0.958. The smallest absolute Gasteiger partial charge is 0.187 e. The van der Waals surface area contributed by atoms with E-state index in [1.807, 2.05) is 0 Å². The number of fused-ring (bicyclic) bond motifs is 4. The van der Waals surface area contributed by atoms with E-state index in [0.29, 0.717) is 31.3 Å². The van der Waals surface area contributed by atoms with Crippen LogP contribution in [-0.4, -0.2) is 169 Å². The van der Waals surface area contributed by atoms with Crippen LogP contribution in [0.25, 0.3) is 0 Å². The van der Waals surface area contributed by atoms with Crippen molar-refractivity contribution in [2.45, 2.75) is 217 Å². The normalized spacial score (nSPS) is 60.2. The molecule has 4 heterocycles. The van der Waals surface area contributed by atoms with Crippen LogP contribution in [0.5, 0.6) is 0 Å². The third-order valence-corrected chi connectivity index (χ3v) is 20.2. The highest BCUT2D eigenvalue weighted by atomic mass is 16.8. The highest BCUT2D eigenvalue weighted by Crippen LogP contribution is 2.79. The number of hydrogen-bond acceptors (Lipinski definition) is 16. The maximum atomic E-state index is 12.3. The number of allylic oxidation sites excluding steroid dienone is 1. The number of aliphatic hydroxyl groups excluding tert-OH is 9. The molecule has 8 fully saturated rings. The zero-order chi connectivity index (χ0) is 46.4. The Morgan fingerprint density at radius 3 is 1.92 bits per heavy atom. The van der Waals surface area contributed by atoms with Crippen molar-refractivity contribution in [3.8, 4) is 0 Å². The molecule has 27 atom stereocenters. The minimum absolute atomic E-state index is 0.142.